The summed E-state index contributed by atoms with van der Waals surface area (Å²) in [6.45, 7) is 4.27. The van der Waals surface area contributed by atoms with Gasteiger partial charge in [-0.05, 0) is 25.0 Å². The van der Waals surface area contributed by atoms with Crippen LogP contribution in [-0.2, 0) is 0 Å². The highest BCUT2D eigenvalue weighted by molar-refractivity contribution is 5.58. The first-order chi connectivity index (χ1) is 6.77. The first-order valence-corrected chi connectivity index (χ1v) is 4.95. The van der Waals surface area contributed by atoms with Crippen molar-refractivity contribution in [1.82, 2.24) is 0 Å². The van der Waals surface area contributed by atoms with Gasteiger partial charge in [0.1, 0.15) is 0 Å². The van der Waals surface area contributed by atoms with Crippen LogP contribution < -0.4 is 5.32 Å². The van der Waals surface area contributed by atoms with Crippen LogP contribution in [0.4, 0.5) is 5.69 Å². The van der Waals surface area contributed by atoms with Crippen LogP contribution in [0.2, 0.25) is 0 Å². The Morgan fingerprint density at radius 3 is 2.14 bits per heavy atom. The van der Waals surface area contributed by atoms with Gasteiger partial charge in [-0.3, -0.25) is 0 Å². The van der Waals surface area contributed by atoms with E-state index in [0.717, 1.165) is 0 Å². The smallest absolute Gasteiger partial charge is 0.0634 e. The Balaban J connectivity index is 2.23. The lowest BCUT2D eigenvalue weighted by Gasteiger charge is -2.15. The Morgan fingerprint density at radius 1 is 1.00 bits per heavy atom. The van der Waals surface area contributed by atoms with E-state index in [9.17, 15) is 0 Å². The first-order valence-electron chi connectivity index (χ1n) is 4.95. The SMILES string of the molecule is Cc1cccc(C)c1NC1C=CC=C1. The molecule has 1 aromatic carbocycles. The molecule has 0 heterocycles. The fourth-order valence-corrected chi connectivity index (χ4v) is 1.74. The lowest BCUT2D eigenvalue weighted by Crippen LogP contribution is -2.13. The molecule has 0 radical (unpaired) electrons. The van der Waals surface area contributed by atoms with E-state index in [4.69, 9.17) is 0 Å². The van der Waals surface area contributed by atoms with Crippen LogP contribution in [0.3, 0.4) is 0 Å². The summed E-state index contributed by atoms with van der Waals surface area (Å²) in [6.07, 6.45) is 8.47. The van der Waals surface area contributed by atoms with Gasteiger partial charge in [0.05, 0.1) is 6.04 Å². The topological polar surface area (TPSA) is 12.0 Å². The summed E-state index contributed by atoms with van der Waals surface area (Å²) >= 11 is 0. The Kier molecular flexibility index (Phi) is 2.40. The number of nitrogens with one attached hydrogen (secondary N) is 1. The van der Waals surface area contributed by atoms with E-state index in [1.165, 1.54) is 16.8 Å². The summed E-state index contributed by atoms with van der Waals surface area (Å²) < 4.78 is 0. The Bertz CT molecular complexity index is 356. The van der Waals surface area contributed by atoms with Crippen LogP contribution in [0.15, 0.2) is 42.5 Å². The van der Waals surface area contributed by atoms with E-state index in [1.807, 2.05) is 0 Å². The highest BCUT2D eigenvalue weighted by atomic mass is 14.9. The molecule has 0 amide bonds. The van der Waals surface area contributed by atoms with Gasteiger partial charge in [-0.15, -0.1) is 0 Å². The van der Waals surface area contributed by atoms with Gasteiger partial charge in [0.2, 0.25) is 0 Å². The molecule has 0 spiro atoms. The molecule has 1 aliphatic rings. The van der Waals surface area contributed by atoms with Crippen molar-refractivity contribution in [3.05, 3.63) is 53.6 Å². The molecule has 0 unspecified atom stereocenters. The van der Waals surface area contributed by atoms with Crippen LogP contribution >= 0.6 is 0 Å². The Morgan fingerprint density at radius 2 is 1.57 bits per heavy atom. The molecular weight excluding hydrogens is 170 g/mol. The van der Waals surface area contributed by atoms with Crippen LogP contribution in [0.1, 0.15) is 11.1 Å². The monoisotopic (exact) mass is 185 g/mol. The molecule has 0 fully saturated rings. The molecule has 0 aromatic heterocycles. The fraction of sp³-hybridized carbons (Fsp3) is 0.231. The number of hydrogen-bond acceptors (Lipinski definition) is 1. The summed E-state index contributed by atoms with van der Waals surface area (Å²) in [4.78, 5) is 0. The average Bonchev–Trinajstić information content (AvgIpc) is 2.64. The second kappa shape index (κ2) is 3.70. The van der Waals surface area contributed by atoms with Gasteiger partial charge in [0, 0.05) is 5.69 Å². The molecule has 72 valence electrons. The third-order valence-electron chi connectivity index (χ3n) is 2.54. The number of anilines is 1. The van der Waals surface area contributed by atoms with Gasteiger partial charge < -0.3 is 5.32 Å². The molecule has 2 rings (SSSR count). The largest absolute Gasteiger partial charge is 0.375 e. The van der Waals surface area contributed by atoms with Crippen LogP contribution in [-0.4, -0.2) is 6.04 Å². The third kappa shape index (κ3) is 1.72. The van der Waals surface area contributed by atoms with Crippen molar-refractivity contribution in [3.63, 3.8) is 0 Å². The van der Waals surface area contributed by atoms with Crippen LogP contribution in [0, 0.1) is 13.8 Å². The molecule has 0 saturated carbocycles. The number of benzene rings is 1. The summed E-state index contributed by atoms with van der Waals surface area (Å²) in [6, 6.07) is 6.72. The van der Waals surface area contributed by atoms with E-state index in [-0.39, 0.29) is 0 Å². The highest BCUT2D eigenvalue weighted by Crippen LogP contribution is 2.21. The molecule has 1 N–H and O–H groups in total. The number of aryl methyl sites for hydroxylation is 2. The van der Waals surface area contributed by atoms with Gasteiger partial charge in [-0.1, -0.05) is 42.5 Å². The molecule has 1 aliphatic carbocycles. The summed E-state index contributed by atoms with van der Waals surface area (Å²) in [5.41, 5.74) is 3.87. The highest BCUT2D eigenvalue weighted by Gasteiger charge is 2.06. The van der Waals surface area contributed by atoms with Gasteiger partial charge in [0.25, 0.3) is 0 Å². The standard InChI is InChI=1S/C13H15N/c1-10-6-5-7-11(2)13(10)14-12-8-3-4-9-12/h3-9,12,14H,1-2H3. The molecule has 0 bridgehead atoms. The maximum absolute atomic E-state index is 3.50. The predicted octanol–water partition coefficient (Wildman–Crippen LogP) is 3.21. The maximum Gasteiger partial charge on any atom is 0.0634 e. The minimum absolute atomic E-state index is 0.356. The zero-order chi connectivity index (χ0) is 9.97. The maximum atomic E-state index is 3.50. The lowest BCUT2D eigenvalue weighted by molar-refractivity contribution is 1.11. The summed E-state index contributed by atoms with van der Waals surface area (Å²) in [7, 11) is 0. The molecule has 0 saturated heterocycles. The van der Waals surface area contributed by atoms with E-state index >= 15 is 0 Å². The molecule has 0 atom stereocenters. The second-order valence-corrected chi connectivity index (χ2v) is 3.71. The van der Waals surface area contributed by atoms with Crippen molar-refractivity contribution in [2.24, 2.45) is 0 Å². The van der Waals surface area contributed by atoms with Crippen molar-refractivity contribution in [3.8, 4) is 0 Å². The number of para-hydroxylation sites is 1. The van der Waals surface area contributed by atoms with Crippen molar-refractivity contribution >= 4 is 5.69 Å². The van der Waals surface area contributed by atoms with E-state index in [2.05, 4.69) is 61.7 Å². The van der Waals surface area contributed by atoms with Crippen LogP contribution in [0.5, 0.6) is 0 Å². The van der Waals surface area contributed by atoms with Crippen molar-refractivity contribution in [1.29, 1.82) is 0 Å². The molecular formula is C13H15N. The molecule has 1 heteroatoms. The molecule has 0 aliphatic heterocycles. The molecule has 1 aromatic rings. The fourth-order valence-electron chi connectivity index (χ4n) is 1.74. The Hall–Kier alpha value is -1.50. The van der Waals surface area contributed by atoms with Gasteiger partial charge >= 0.3 is 0 Å². The zero-order valence-corrected chi connectivity index (χ0v) is 8.62. The number of hydrogen-bond donors (Lipinski definition) is 1. The van der Waals surface area contributed by atoms with Crippen molar-refractivity contribution in [2.45, 2.75) is 19.9 Å². The van der Waals surface area contributed by atoms with E-state index in [0.29, 0.717) is 6.04 Å². The van der Waals surface area contributed by atoms with Gasteiger partial charge in [0.15, 0.2) is 0 Å². The Labute approximate surface area is 85.2 Å². The normalized spacial score (nSPS) is 15.0. The first kappa shape index (κ1) is 9.07. The zero-order valence-electron chi connectivity index (χ0n) is 8.62. The van der Waals surface area contributed by atoms with E-state index < -0.39 is 0 Å². The summed E-state index contributed by atoms with van der Waals surface area (Å²) in [5.74, 6) is 0. The average molecular weight is 185 g/mol. The quantitative estimate of drug-likeness (QED) is 0.746. The minimum Gasteiger partial charge on any atom is -0.375 e. The lowest BCUT2D eigenvalue weighted by atomic mass is 10.1. The van der Waals surface area contributed by atoms with Crippen molar-refractivity contribution < 1.29 is 0 Å². The minimum atomic E-state index is 0.356. The van der Waals surface area contributed by atoms with E-state index in [1.54, 1.807) is 0 Å². The van der Waals surface area contributed by atoms with Crippen LogP contribution in [0.25, 0.3) is 0 Å². The van der Waals surface area contributed by atoms with Gasteiger partial charge in [-0.2, -0.15) is 0 Å². The number of allylic oxidation sites excluding steroid dienone is 2. The summed E-state index contributed by atoms with van der Waals surface area (Å²) in [5, 5.41) is 3.50. The number of rotatable bonds is 2. The molecule has 14 heavy (non-hydrogen) atoms. The van der Waals surface area contributed by atoms with Crippen molar-refractivity contribution in [2.75, 3.05) is 5.32 Å². The third-order valence-corrected chi connectivity index (χ3v) is 2.54. The second-order valence-electron chi connectivity index (χ2n) is 3.71. The predicted molar refractivity (Wildman–Crippen MR) is 61.6 cm³/mol. The molecule has 1 nitrogen and oxygen atoms in total. The van der Waals surface area contributed by atoms with Gasteiger partial charge in [-0.25, -0.2) is 0 Å².